The minimum absolute atomic E-state index is 0.135. The largest absolute Gasteiger partial charge is 0.373 e. The number of para-hydroxylation sites is 1. The Kier molecular flexibility index (Phi) is 4.55. The molecular weight excluding hydrogens is 293 g/mol. The molecule has 1 atom stereocenters. The van der Waals surface area contributed by atoms with Crippen LogP contribution in [0.1, 0.15) is 23.2 Å². The van der Waals surface area contributed by atoms with Crippen molar-refractivity contribution in [2.75, 3.05) is 25.0 Å². The standard InChI is InChI=1S/C18H20FN3O/c1-21(16-6-3-2-4-7-16)13-17-8-5-9-22(17)18(23)14-10-15(19)12-20-11-14/h2-4,6-7,10-12,17H,5,8-9,13H2,1H3/t17-/m1/s1. The fraction of sp³-hybridized carbons (Fsp3) is 0.333. The fourth-order valence-corrected chi connectivity index (χ4v) is 3.09. The Bertz CT molecular complexity index is 677. The molecule has 1 saturated heterocycles. The van der Waals surface area contributed by atoms with E-state index in [2.05, 4.69) is 22.0 Å². The molecule has 0 unspecified atom stereocenters. The number of carbonyl (C=O) groups is 1. The molecule has 1 aliphatic heterocycles. The number of rotatable bonds is 4. The van der Waals surface area contributed by atoms with Crippen LogP contribution < -0.4 is 4.90 Å². The lowest BCUT2D eigenvalue weighted by molar-refractivity contribution is 0.0740. The smallest absolute Gasteiger partial charge is 0.255 e. The summed E-state index contributed by atoms with van der Waals surface area (Å²) in [7, 11) is 2.03. The van der Waals surface area contributed by atoms with Gasteiger partial charge in [0.15, 0.2) is 0 Å². The first-order chi connectivity index (χ1) is 11.1. The number of pyridine rings is 1. The minimum Gasteiger partial charge on any atom is -0.373 e. The van der Waals surface area contributed by atoms with Crippen molar-refractivity contribution in [1.82, 2.24) is 9.88 Å². The van der Waals surface area contributed by atoms with E-state index in [1.807, 2.05) is 30.1 Å². The van der Waals surface area contributed by atoms with Gasteiger partial charge in [-0.25, -0.2) is 4.39 Å². The average Bonchev–Trinajstić information content (AvgIpc) is 3.03. The summed E-state index contributed by atoms with van der Waals surface area (Å²) in [6.07, 6.45) is 4.48. The van der Waals surface area contributed by atoms with Gasteiger partial charge in [0, 0.05) is 38.1 Å². The van der Waals surface area contributed by atoms with Gasteiger partial charge in [-0.3, -0.25) is 9.78 Å². The van der Waals surface area contributed by atoms with E-state index in [4.69, 9.17) is 0 Å². The predicted octanol–water partition coefficient (Wildman–Crippen LogP) is 2.96. The first-order valence-electron chi connectivity index (χ1n) is 7.83. The van der Waals surface area contributed by atoms with Crippen molar-refractivity contribution in [3.63, 3.8) is 0 Å². The van der Waals surface area contributed by atoms with Crippen molar-refractivity contribution >= 4 is 11.6 Å². The highest BCUT2D eigenvalue weighted by Gasteiger charge is 2.30. The second-order valence-electron chi connectivity index (χ2n) is 5.90. The van der Waals surface area contributed by atoms with Gasteiger partial charge in [-0.2, -0.15) is 0 Å². The molecule has 1 aromatic heterocycles. The highest BCUT2D eigenvalue weighted by atomic mass is 19.1. The third-order valence-electron chi connectivity index (χ3n) is 4.27. The van der Waals surface area contributed by atoms with Gasteiger partial charge in [-0.1, -0.05) is 18.2 Å². The summed E-state index contributed by atoms with van der Waals surface area (Å²) < 4.78 is 13.3. The molecule has 1 amide bonds. The summed E-state index contributed by atoms with van der Waals surface area (Å²) in [6.45, 7) is 1.47. The van der Waals surface area contributed by atoms with Crippen LogP contribution in [0.3, 0.4) is 0 Å². The molecule has 3 rings (SSSR count). The average molecular weight is 313 g/mol. The molecule has 2 heterocycles. The van der Waals surface area contributed by atoms with E-state index >= 15 is 0 Å². The van der Waals surface area contributed by atoms with Crippen LogP contribution in [0.25, 0.3) is 0 Å². The summed E-state index contributed by atoms with van der Waals surface area (Å²) in [5.74, 6) is -0.617. The topological polar surface area (TPSA) is 36.4 Å². The summed E-state index contributed by atoms with van der Waals surface area (Å²) in [5, 5.41) is 0. The van der Waals surface area contributed by atoms with Gasteiger partial charge in [-0.15, -0.1) is 0 Å². The third kappa shape index (κ3) is 3.50. The number of halogens is 1. The van der Waals surface area contributed by atoms with Crippen LogP contribution in [0, 0.1) is 5.82 Å². The van der Waals surface area contributed by atoms with Crippen molar-refractivity contribution in [2.24, 2.45) is 0 Å². The number of nitrogens with zero attached hydrogens (tertiary/aromatic N) is 3. The fourth-order valence-electron chi connectivity index (χ4n) is 3.09. The van der Waals surface area contributed by atoms with Gasteiger partial charge in [0.05, 0.1) is 11.8 Å². The number of benzene rings is 1. The van der Waals surface area contributed by atoms with Crippen LogP contribution in [0.15, 0.2) is 48.8 Å². The Balaban J connectivity index is 1.71. The lowest BCUT2D eigenvalue weighted by Gasteiger charge is -2.30. The SMILES string of the molecule is CN(C[C@H]1CCCN1C(=O)c1cncc(F)c1)c1ccccc1. The van der Waals surface area contributed by atoms with Gasteiger partial charge >= 0.3 is 0 Å². The molecule has 1 aromatic carbocycles. The quantitative estimate of drug-likeness (QED) is 0.871. The zero-order chi connectivity index (χ0) is 16.2. The zero-order valence-corrected chi connectivity index (χ0v) is 13.2. The van der Waals surface area contributed by atoms with Crippen LogP contribution in [0.5, 0.6) is 0 Å². The highest BCUT2D eigenvalue weighted by Crippen LogP contribution is 2.22. The van der Waals surface area contributed by atoms with E-state index in [9.17, 15) is 9.18 Å². The normalized spacial score (nSPS) is 17.3. The number of amides is 1. The Morgan fingerprint density at radius 2 is 2.13 bits per heavy atom. The number of aromatic nitrogens is 1. The maximum Gasteiger partial charge on any atom is 0.255 e. The molecule has 120 valence electrons. The molecule has 4 nitrogen and oxygen atoms in total. The Morgan fingerprint density at radius 1 is 1.35 bits per heavy atom. The number of likely N-dealkylation sites (N-methyl/N-ethyl adjacent to an activating group) is 1. The van der Waals surface area contributed by atoms with Gasteiger partial charge in [-0.05, 0) is 31.0 Å². The van der Waals surface area contributed by atoms with E-state index in [0.717, 1.165) is 31.3 Å². The van der Waals surface area contributed by atoms with Crippen LogP contribution in [-0.4, -0.2) is 42.0 Å². The summed E-state index contributed by atoms with van der Waals surface area (Å²) in [4.78, 5) is 20.4. The molecule has 0 N–H and O–H groups in total. The molecule has 0 aliphatic carbocycles. The maximum atomic E-state index is 13.3. The monoisotopic (exact) mass is 313 g/mol. The van der Waals surface area contributed by atoms with E-state index in [1.165, 1.54) is 12.3 Å². The Labute approximate surface area is 135 Å². The number of hydrogen-bond acceptors (Lipinski definition) is 3. The Morgan fingerprint density at radius 3 is 2.87 bits per heavy atom. The van der Waals surface area contributed by atoms with E-state index in [-0.39, 0.29) is 11.9 Å². The van der Waals surface area contributed by atoms with Crippen molar-refractivity contribution in [3.05, 3.63) is 60.2 Å². The van der Waals surface area contributed by atoms with Crippen molar-refractivity contribution in [2.45, 2.75) is 18.9 Å². The van der Waals surface area contributed by atoms with E-state index in [0.29, 0.717) is 12.1 Å². The minimum atomic E-state index is -0.479. The van der Waals surface area contributed by atoms with Gasteiger partial charge < -0.3 is 9.80 Å². The first-order valence-corrected chi connectivity index (χ1v) is 7.83. The Hall–Kier alpha value is -2.43. The molecule has 1 fully saturated rings. The lowest BCUT2D eigenvalue weighted by atomic mass is 10.1. The molecule has 0 saturated carbocycles. The number of carbonyl (C=O) groups excluding carboxylic acids is 1. The van der Waals surface area contributed by atoms with Crippen molar-refractivity contribution in [1.29, 1.82) is 0 Å². The molecule has 0 bridgehead atoms. The number of likely N-dealkylation sites (tertiary alicyclic amines) is 1. The lowest BCUT2D eigenvalue weighted by Crippen LogP contribution is -2.42. The summed E-state index contributed by atoms with van der Waals surface area (Å²) >= 11 is 0. The summed E-state index contributed by atoms with van der Waals surface area (Å²) in [6, 6.07) is 11.5. The van der Waals surface area contributed by atoms with Crippen LogP contribution in [0.4, 0.5) is 10.1 Å². The molecule has 23 heavy (non-hydrogen) atoms. The molecule has 2 aromatic rings. The van der Waals surface area contributed by atoms with Crippen LogP contribution in [0.2, 0.25) is 0 Å². The highest BCUT2D eigenvalue weighted by molar-refractivity contribution is 5.94. The van der Waals surface area contributed by atoms with E-state index < -0.39 is 5.82 Å². The number of hydrogen-bond donors (Lipinski definition) is 0. The molecule has 1 aliphatic rings. The molecule has 0 radical (unpaired) electrons. The first kappa shape index (κ1) is 15.5. The van der Waals surface area contributed by atoms with Gasteiger partial charge in [0.2, 0.25) is 0 Å². The maximum absolute atomic E-state index is 13.3. The van der Waals surface area contributed by atoms with Gasteiger partial charge in [0.25, 0.3) is 5.91 Å². The van der Waals surface area contributed by atoms with E-state index in [1.54, 1.807) is 0 Å². The molecular formula is C18H20FN3O. The zero-order valence-electron chi connectivity index (χ0n) is 13.2. The number of anilines is 1. The van der Waals surface area contributed by atoms with Crippen LogP contribution >= 0.6 is 0 Å². The summed E-state index contributed by atoms with van der Waals surface area (Å²) in [5.41, 5.74) is 1.44. The third-order valence-corrected chi connectivity index (χ3v) is 4.27. The second kappa shape index (κ2) is 6.77. The van der Waals surface area contributed by atoms with Crippen molar-refractivity contribution in [3.8, 4) is 0 Å². The molecule has 0 spiro atoms. The molecule has 5 heteroatoms. The van der Waals surface area contributed by atoms with Gasteiger partial charge in [0.1, 0.15) is 5.82 Å². The van der Waals surface area contributed by atoms with Crippen LogP contribution in [-0.2, 0) is 0 Å². The second-order valence-corrected chi connectivity index (χ2v) is 5.90. The van der Waals surface area contributed by atoms with Crippen molar-refractivity contribution < 1.29 is 9.18 Å². The predicted molar refractivity (Wildman–Crippen MR) is 88.0 cm³/mol.